The molecular formula is C25H23FN8O2. The molecule has 0 amide bonds. The lowest BCUT2D eigenvalue weighted by molar-refractivity contribution is 0.0311. The number of hydrogen-bond donors (Lipinski definition) is 2. The zero-order chi connectivity index (χ0) is 24.7. The molecule has 36 heavy (non-hydrogen) atoms. The quantitative estimate of drug-likeness (QED) is 0.354. The topological polar surface area (TPSA) is 112 Å². The molecule has 11 heteroatoms. The summed E-state index contributed by atoms with van der Waals surface area (Å²) in [5.74, 6) is 1.93. The van der Waals surface area contributed by atoms with Crippen LogP contribution in [0.4, 0.5) is 15.9 Å². The van der Waals surface area contributed by atoms with Crippen molar-refractivity contribution < 1.29 is 13.9 Å². The largest absolute Gasteiger partial charge is 0.460 e. The van der Waals surface area contributed by atoms with E-state index >= 15 is 0 Å². The van der Waals surface area contributed by atoms with Crippen molar-refractivity contribution in [3.05, 3.63) is 60.8 Å². The maximum Gasteiger partial charge on any atom is 0.317 e. The minimum absolute atomic E-state index is 0.0779. The highest BCUT2D eigenvalue weighted by molar-refractivity contribution is 5.86. The van der Waals surface area contributed by atoms with E-state index in [9.17, 15) is 4.39 Å². The van der Waals surface area contributed by atoms with Gasteiger partial charge in [-0.3, -0.25) is 0 Å². The van der Waals surface area contributed by atoms with Crippen LogP contribution in [0.25, 0.3) is 22.1 Å². The van der Waals surface area contributed by atoms with Crippen LogP contribution >= 0.6 is 0 Å². The molecule has 1 aliphatic rings. The number of hydrogen-bond acceptors (Lipinski definition) is 9. The van der Waals surface area contributed by atoms with E-state index in [0.717, 1.165) is 28.0 Å². The molecule has 0 radical (unpaired) electrons. The van der Waals surface area contributed by atoms with Gasteiger partial charge in [-0.15, -0.1) is 0 Å². The van der Waals surface area contributed by atoms with Gasteiger partial charge in [0.2, 0.25) is 0 Å². The summed E-state index contributed by atoms with van der Waals surface area (Å²) in [6.07, 6.45) is 4.75. The molecule has 182 valence electrons. The molecule has 0 aliphatic carbocycles. The number of aryl methyl sites for hydroxylation is 2. The highest BCUT2D eigenvalue weighted by Gasteiger charge is 2.38. The lowest BCUT2D eigenvalue weighted by Gasteiger charge is -2.33. The van der Waals surface area contributed by atoms with E-state index in [4.69, 9.17) is 9.47 Å². The van der Waals surface area contributed by atoms with E-state index in [1.807, 2.05) is 54.9 Å². The van der Waals surface area contributed by atoms with Crippen molar-refractivity contribution in [3.63, 3.8) is 0 Å². The smallest absolute Gasteiger partial charge is 0.317 e. The van der Waals surface area contributed by atoms with Crippen molar-refractivity contribution in [1.82, 2.24) is 34.8 Å². The third kappa shape index (κ3) is 4.24. The number of fused-ring (bicyclic) bond motifs is 2. The Morgan fingerprint density at radius 3 is 2.78 bits per heavy atom. The van der Waals surface area contributed by atoms with Gasteiger partial charge >= 0.3 is 6.01 Å². The van der Waals surface area contributed by atoms with Crippen LogP contribution in [0, 0.1) is 6.92 Å². The van der Waals surface area contributed by atoms with Gasteiger partial charge in [0.05, 0.1) is 23.6 Å². The van der Waals surface area contributed by atoms with Crippen molar-refractivity contribution in [2.45, 2.75) is 12.6 Å². The van der Waals surface area contributed by atoms with Crippen molar-refractivity contribution >= 4 is 33.6 Å². The maximum atomic E-state index is 14.3. The average molecular weight is 487 g/mol. The summed E-state index contributed by atoms with van der Waals surface area (Å²) in [4.78, 5) is 21.5. The predicted octanol–water partition coefficient (Wildman–Crippen LogP) is 3.84. The van der Waals surface area contributed by atoms with Gasteiger partial charge in [-0.2, -0.15) is 4.98 Å². The number of benzene rings is 2. The van der Waals surface area contributed by atoms with Gasteiger partial charge in [0.25, 0.3) is 0 Å². The average Bonchev–Trinajstić information content (AvgIpc) is 3.23. The second-order valence-electron chi connectivity index (χ2n) is 8.87. The van der Waals surface area contributed by atoms with E-state index in [1.54, 1.807) is 6.33 Å². The fourth-order valence-corrected chi connectivity index (χ4v) is 3.98. The van der Waals surface area contributed by atoms with Crippen LogP contribution in [-0.2, 0) is 7.05 Å². The van der Waals surface area contributed by atoms with Gasteiger partial charge in [-0.05, 0) is 42.8 Å². The second kappa shape index (κ2) is 8.68. The lowest BCUT2D eigenvalue weighted by Crippen LogP contribution is -2.59. The molecule has 2 aromatic carbocycles. The number of imidazole rings is 1. The Labute approximate surface area is 205 Å². The monoisotopic (exact) mass is 486 g/mol. The first-order chi connectivity index (χ1) is 17.5. The maximum absolute atomic E-state index is 14.3. The zero-order valence-electron chi connectivity index (χ0n) is 19.7. The standard InChI is InChI=1S/C25H23FN8O2/c1-15-7-16(3-6-21(15)36-17-4-5-20-18(8-17)31-14-34(20)2)32-23-22-19(29-13-30-23)9-28-24(33-22)35-12-25(26)10-27-11-25/h3-9,13-14,27H,10-12H2,1-2H3,(H,29,30,32). The van der Waals surface area contributed by atoms with Crippen LogP contribution < -0.4 is 20.1 Å². The van der Waals surface area contributed by atoms with Crippen molar-refractivity contribution in [3.8, 4) is 17.5 Å². The number of nitrogens with zero attached hydrogens (tertiary/aromatic N) is 6. The Morgan fingerprint density at radius 2 is 1.97 bits per heavy atom. The normalized spacial score (nSPS) is 14.5. The van der Waals surface area contributed by atoms with E-state index in [2.05, 4.69) is 35.6 Å². The molecule has 0 atom stereocenters. The first-order valence-corrected chi connectivity index (χ1v) is 11.4. The zero-order valence-corrected chi connectivity index (χ0v) is 19.7. The fourth-order valence-electron chi connectivity index (χ4n) is 3.98. The van der Waals surface area contributed by atoms with E-state index in [0.29, 0.717) is 22.6 Å². The molecule has 2 N–H and O–H groups in total. The molecule has 0 bridgehead atoms. The summed E-state index contributed by atoms with van der Waals surface area (Å²) in [7, 11) is 1.96. The molecule has 0 spiro atoms. The molecule has 4 heterocycles. The molecule has 0 saturated carbocycles. The van der Waals surface area contributed by atoms with Crippen LogP contribution in [0.15, 0.2) is 55.2 Å². The van der Waals surface area contributed by atoms with Crippen LogP contribution in [0.5, 0.6) is 17.5 Å². The summed E-state index contributed by atoms with van der Waals surface area (Å²) >= 11 is 0. The number of anilines is 2. The van der Waals surface area contributed by atoms with Crippen molar-refractivity contribution in [2.24, 2.45) is 7.05 Å². The van der Waals surface area contributed by atoms with Crippen LogP contribution in [0.2, 0.25) is 0 Å². The summed E-state index contributed by atoms with van der Waals surface area (Å²) in [5.41, 5.74) is 3.27. The van der Waals surface area contributed by atoms with Gasteiger partial charge in [-0.1, -0.05) is 0 Å². The summed E-state index contributed by atoms with van der Waals surface area (Å²) in [5, 5.41) is 6.17. The molecule has 3 aromatic heterocycles. The number of ether oxygens (including phenoxy) is 2. The van der Waals surface area contributed by atoms with E-state index < -0.39 is 5.67 Å². The fraction of sp³-hybridized carbons (Fsp3) is 0.240. The number of nitrogens with one attached hydrogen (secondary N) is 2. The molecule has 1 fully saturated rings. The van der Waals surface area contributed by atoms with Crippen LogP contribution in [0.1, 0.15) is 5.56 Å². The van der Waals surface area contributed by atoms with E-state index in [-0.39, 0.29) is 25.7 Å². The summed E-state index contributed by atoms with van der Waals surface area (Å²) in [6, 6.07) is 11.6. The van der Waals surface area contributed by atoms with Crippen molar-refractivity contribution in [1.29, 1.82) is 0 Å². The van der Waals surface area contributed by atoms with Gasteiger partial charge in [-0.25, -0.2) is 24.3 Å². The number of rotatable bonds is 7. The first-order valence-electron chi connectivity index (χ1n) is 11.4. The number of alkyl halides is 1. The van der Waals surface area contributed by atoms with Crippen LogP contribution in [-0.4, -0.2) is 54.9 Å². The van der Waals surface area contributed by atoms with Gasteiger partial charge < -0.3 is 24.7 Å². The third-order valence-corrected chi connectivity index (χ3v) is 6.06. The number of aromatic nitrogens is 6. The molecule has 0 unspecified atom stereocenters. The first kappa shape index (κ1) is 22.1. The summed E-state index contributed by atoms with van der Waals surface area (Å²) in [6.45, 7) is 2.37. The number of halogens is 1. The molecule has 10 nitrogen and oxygen atoms in total. The third-order valence-electron chi connectivity index (χ3n) is 6.06. The summed E-state index contributed by atoms with van der Waals surface area (Å²) < 4.78 is 27.8. The molecule has 1 saturated heterocycles. The Kier molecular flexibility index (Phi) is 5.33. The minimum atomic E-state index is -1.39. The van der Waals surface area contributed by atoms with Gasteiger partial charge in [0, 0.05) is 31.9 Å². The molecule has 6 rings (SSSR count). The minimum Gasteiger partial charge on any atom is -0.460 e. The SMILES string of the molecule is Cc1cc(Nc2ncnc3cnc(OCC4(F)CNC4)nc23)ccc1Oc1ccc2c(c1)ncn2C. The highest BCUT2D eigenvalue weighted by atomic mass is 19.1. The Morgan fingerprint density at radius 1 is 1.08 bits per heavy atom. The Hall–Kier alpha value is -4.38. The Bertz CT molecular complexity index is 1580. The van der Waals surface area contributed by atoms with Gasteiger partial charge in [0.15, 0.2) is 11.5 Å². The molecular weight excluding hydrogens is 463 g/mol. The lowest BCUT2D eigenvalue weighted by atomic mass is 10.0. The molecule has 1 aliphatic heterocycles. The highest BCUT2D eigenvalue weighted by Crippen LogP contribution is 2.31. The van der Waals surface area contributed by atoms with Crippen LogP contribution in [0.3, 0.4) is 0 Å². The predicted molar refractivity (Wildman–Crippen MR) is 133 cm³/mol. The van der Waals surface area contributed by atoms with E-state index in [1.165, 1.54) is 12.5 Å². The van der Waals surface area contributed by atoms with Crippen molar-refractivity contribution in [2.75, 3.05) is 25.0 Å². The Balaban J connectivity index is 1.21. The van der Waals surface area contributed by atoms with Gasteiger partial charge in [0.1, 0.15) is 35.5 Å². The molecule has 5 aromatic rings. The second-order valence-corrected chi connectivity index (χ2v) is 8.87.